The summed E-state index contributed by atoms with van der Waals surface area (Å²) in [4.78, 5) is 25.7. The largest absolute Gasteiger partial charge is 0.497 e. The van der Waals surface area contributed by atoms with Crippen LogP contribution in [0.15, 0.2) is 53.5 Å². The zero-order valence-corrected chi connectivity index (χ0v) is 18.7. The minimum absolute atomic E-state index is 0.155. The van der Waals surface area contributed by atoms with Crippen LogP contribution < -0.4 is 14.5 Å². The Hall–Kier alpha value is -4.12. The van der Waals surface area contributed by atoms with Gasteiger partial charge in [0.05, 0.1) is 12.8 Å². The zero-order chi connectivity index (χ0) is 22.9. The Bertz CT molecular complexity index is 1270. The molecule has 2 aliphatic heterocycles. The van der Waals surface area contributed by atoms with E-state index in [0.29, 0.717) is 35.7 Å². The number of aromatic nitrogens is 2. The first-order valence-corrected chi connectivity index (χ1v) is 10.9. The lowest BCUT2D eigenvalue weighted by Gasteiger charge is -2.30. The summed E-state index contributed by atoms with van der Waals surface area (Å²) in [6.07, 6.45) is 1.61. The molecule has 0 radical (unpaired) electrons. The number of carbonyl (C=O) groups excluding carboxylic acids is 1. The molecule has 2 aliphatic rings. The minimum Gasteiger partial charge on any atom is -0.497 e. The first-order chi connectivity index (χ1) is 16.1. The van der Waals surface area contributed by atoms with Crippen LogP contribution >= 0.6 is 0 Å². The van der Waals surface area contributed by atoms with Crippen LogP contribution in [0.4, 0.5) is 17.2 Å². The number of amidine groups is 1. The molecule has 0 spiro atoms. The Morgan fingerprint density at radius 1 is 0.970 bits per heavy atom. The topological polar surface area (TPSA) is 67.3 Å². The fraction of sp³-hybridized carbons (Fsp3) is 0.280. The number of carbonyl (C=O) groups is 1. The van der Waals surface area contributed by atoms with E-state index in [1.54, 1.807) is 16.7 Å². The van der Waals surface area contributed by atoms with Crippen LogP contribution in [0, 0.1) is 6.57 Å². The number of hydrogen-bond acceptors (Lipinski definition) is 5. The molecular formula is C25H24N6O2. The van der Waals surface area contributed by atoms with Crippen LogP contribution in [0.2, 0.25) is 0 Å². The van der Waals surface area contributed by atoms with Gasteiger partial charge in [-0.05, 0) is 73.4 Å². The van der Waals surface area contributed by atoms with Gasteiger partial charge >= 0.3 is 0 Å². The van der Waals surface area contributed by atoms with Crippen molar-refractivity contribution in [3.05, 3.63) is 71.2 Å². The molecule has 1 amide bonds. The fourth-order valence-electron chi connectivity index (χ4n) is 4.43. The number of anilines is 2. The molecule has 0 N–H and O–H groups in total. The van der Waals surface area contributed by atoms with E-state index < -0.39 is 0 Å². The van der Waals surface area contributed by atoms with Crippen molar-refractivity contribution in [2.75, 3.05) is 36.5 Å². The quantitative estimate of drug-likeness (QED) is 0.569. The van der Waals surface area contributed by atoms with Crippen molar-refractivity contribution in [2.24, 2.45) is 4.99 Å². The number of methoxy groups -OCH3 is 1. The molecule has 8 nitrogen and oxygen atoms in total. The second-order valence-electron chi connectivity index (χ2n) is 8.03. The fourth-order valence-corrected chi connectivity index (χ4v) is 4.43. The third-order valence-corrected chi connectivity index (χ3v) is 6.16. The lowest BCUT2D eigenvalue weighted by Crippen LogP contribution is -2.38. The molecule has 33 heavy (non-hydrogen) atoms. The highest BCUT2D eigenvalue weighted by molar-refractivity contribution is 6.08. The van der Waals surface area contributed by atoms with Crippen LogP contribution in [0.1, 0.15) is 29.4 Å². The van der Waals surface area contributed by atoms with E-state index in [2.05, 4.69) is 19.8 Å². The summed E-state index contributed by atoms with van der Waals surface area (Å²) in [5.74, 6) is 1.86. The van der Waals surface area contributed by atoms with Crippen molar-refractivity contribution in [1.82, 2.24) is 9.78 Å². The molecule has 3 aromatic rings. The van der Waals surface area contributed by atoms with E-state index in [0.717, 1.165) is 36.7 Å². The molecule has 0 fully saturated rings. The van der Waals surface area contributed by atoms with Crippen molar-refractivity contribution >= 4 is 28.9 Å². The Morgan fingerprint density at radius 3 is 2.27 bits per heavy atom. The number of ether oxygens (including phenoxy) is 1. The number of benzene rings is 2. The normalized spacial score (nSPS) is 15.7. The van der Waals surface area contributed by atoms with Crippen molar-refractivity contribution in [3.63, 3.8) is 0 Å². The van der Waals surface area contributed by atoms with Gasteiger partial charge in [0, 0.05) is 36.6 Å². The third kappa shape index (κ3) is 3.61. The van der Waals surface area contributed by atoms with Crippen LogP contribution in [0.25, 0.3) is 10.5 Å². The molecule has 3 heterocycles. The third-order valence-electron chi connectivity index (χ3n) is 6.16. The van der Waals surface area contributed by atoms with E-state index in [-0.39, 0.29) is 11.7 Å². The zero-order valence-electron chi connectivity index (χ0n) is 18.7. The summed E-state index contributed by atoms with van der Waals surface area (Å²) in [5, 5.41) is 4.45. The van der Waals surface area contributed by atoms with Crippen LogP contribution in [-0.4, -0.2) is 48.3 Å². The Kier molecular flexibility index (Phi) is 5.31. The summed E-state index contributed by atoms with van der Waals surface area (Å²) in [5.41, 5.74) is 3.77. The molecule has 2 aromatic carbocycles. The lowest BCUT2D eigenvalue weighted by molar-refractivity contribution is 0.0973. The van der Waals surface area contributed by atoms with Crippen LogP contribution in [-0.2, 0) is 6.42 Å². The highest BCUT2D eigenvalue weighted by atomic mass is 16.5. The van der Waals surface area contributed by atoms with Gasteiger partial charge in [0.15, 0.2) is 0 Å². The molecule has 0 saturated heterocycles. The van der Waals surface area contributed by atoms with E-state index >= 15 is 0 Å². The molecule has 8 heteroatoms. The van der Waals surface area contributed by atoms with Gasteiger partial charge in [-0.3, -0.25) is 9.79 Å². The summed E-state index contributed by atoms with van der Waals surface area (Å²) >= 11 is 0. The van der Waals surface area contributed by atoms with Crippen molar-refractivity contribution in [3.8, 4) is 11.4 Å². The maximum Gasteiger partial charge on any atom is 0.300 e. The lowest BCUT2D eigenvalue weighted by atomic mass is 10.0. The maximum atomic E-state index is 13.6. The maximum absolute atomic E-state index is 13.6. The van der Waals surface area contributed by atoms with Gasteiger partial charge in [0.25, 0.3) is 11.7 Å². The van der Waals surface area contributed by atoms with Crippen molar-refractivity contribution in [2.45, 2.75) is 19.8 Å². The van der Waals surface area contributed by atoms with Gasteiger partial charge in [-0.2, -0.15) is 4.68 Å². The Morgan fingerprint density at radius 2 is 1.64 bits per heavy atom. The standard InChI is InChI=1S/C25H24N6O2/c1-17-27-14-4-15-29(17)18-5-7-19(8-6-18)30-16-13-22-23(25(30)32)31(28-24(22)26-2)20-9-11-21(33-3)12-10-20/h5-12H,4,13-16H2,1,3H3. The number of rotatable bonds is 4. The highest BCUT2D eigenvalue weighted by Crippen LogP contribution is 2.33. The first kappa shape index (κ1) is 20.8. The summed E-state index contributed by atoms with van der Waals surface area (Å²) in [6, 6.07) is 15.3. The van der Waals surface area contributed by atoms with E-state index in [9.17, 15) is 4.79 Å². The van der Waals surface area contributed by atoms with Gasteiger partial charge in [0.2, 0.25) is 0 Å². The van der Waals surface area contributed by atoms with Gasteiger partial charge in [0.1, 0.15) is 17.3 Å². The Labute approximate surface area is 192 Å². The number of amides is 1. The number of nitrogens with zero attached hydrogens (tertiary/aromatic N) is 6. The second-order valence-corrected chi connectivity index (χ2v) is 8.03. The van der Waals surface area contributed by atoms with Gasteiger partial charge in [-0.1, -0.05) is 6.57 Å². The average molecular weight is 441 g/mol. The number of hydrogen-bond donors (Lipinski definition) is 0. The van der Waals surface area contributed by atoms with E-state index in [4.69, 9.17) is 11.3 Å². The predicted octanol–water partition coefficient (Wildman–Crippen LogP) is 4.26. The summed E-state index contributed by atoms with van der Waals surface area (Å²) in [7, 11) is 1.61. The first-order valence-electron chi connectivity index (χ1n) is 10.9. The van der Waals surface area contributed by atoms with E-state index in [1.807, 2.05) is 55.5 Å². The Balaban J connectivity index is 1.48. The van der Waals surface area contributed by atoms with Crippen LogP contribution in [0.3, 0.4) is 0 Å². The number of fused-ring (bicyclic) bond motifs is 1. The van der Waals surface area contributed by atoms with Gasteiger partial charge in [-0.15, -0.1) is 0 Å². The van der Waals surface area contributed by atoms with Gasteiger partial charge < -0.3 is 19.4 Å². The second kappa shape index (κ2) is 8.43. The molecular weight excluding hydrogens is 416 g/mol. The SMILES string of the molecule is [C-]#[N+]c1nn(-c2ccc(OC)cc2)c2c1CCN(c1ccc(N3CCCN=C3C)cc1)C2=O. The molecule has 1 aromatic heterocycles. The smallest absolute Gasteiger partial charge is 0.300 e. The molecule has 0 saturated carbocycles. The molecule has 0 bridgehead atoms. The molecule has 5 rings (SSSR count). The molecule has 166 valence electrons. The van der Waals surface area contributed by atoms with Crippen molar-refractivity contribution in [1.29, 1.82) is 0 Å². The summed E-state index contributed by atoms with van der Waals surface area (Å²) in [6.45, 7) is 11.9. The monoisotopic (exact) mass is 440 g/mol. The molecule has 0 unspecified atom stereocenters. The minimum atomic E-state index is -0.155. The van der Waals surface area contributed by atoms with E-state index in [1.165, 1.54) is 0 Å². The molecule has 0 aliphatic carbocycles. The van der Waals surface area contributed by atoms with Crippen LogP contribution in [0.5, 0.6) is 5.75 Å². The average Bonchev–Trinajstić information content (AvgIpc) is 3.24. The van der Waals surface area contributed by atoms with Gasteiger partial charge in [-0.25, -0.2) is 0 Å². The predicted molar refractivity (Wildman–Crippen MR) is 128 cm³/mol. The summed E-state index contributed by atoms with van der Waals surface area (Å²) < 4.78 is 6.82. The number of aliphatic imine (C=N–C) groups is 1. The highest BCUT2D eigenvalue weighted by Gasteiger charge is 2.34. The van der Waals surface area contributed by atoms with Crippen molar-refractivity contribution < 1.29 is 9.53 Å². The molecule has 0 atom stereocenters.